The largest absolute Gasteiger partial charge is 0.506 e. The smallest absolute Gasteiger partial charge is 0.145 e. The van der Waals surface area contributed by atoms with E-state index in [4.69, 9.17) is 17.3 Å². The molecule has 0 fully saturated rings. The Morgan fingerprint density at radius 3 is 2.32 bits per heavy atom. The second-order valence-electron chi connectivity index (χ2n) is 4.92. The quantitative estimate of drug-likeness (QED) is 0.748. The van der Waals surface area contributed by atoms with Crippen molar-refractivity contribution in [2.45, 2.75) is 6.92 Å². The summed E-state index contributed by atoms with van der Waals surface area (Å²) in [5, 5.41) is 9.86. The van der Waals surface area contributed by atoms with Crippen molar-refractivity contribution in [1.82, 2.24) is 9.97 Å². The Balaban J connectivity index is 2.26. The van der Waals surface area contributed by atoms with Crippen LogP contribution in [0.25, 0.3) is 22.5 Å². The number of anilines is 1. The van der Waals surface area contributed by atoms with Crippen LogP contribution in [-0.4, -0.2) is 15.1 Å². The van der Waals surface area contributed by atoms with Crippen LogP contribution in [0.4, 0.5) is 5.82 Å². The highest BCUT2D eigenvalue weighted by Gasteiger charge is 2.14. The summed E-state index contributed by atoms with van der Waals surface area (Å²) in [6.45, 7) is 1.81. The van der Waals surface area contributed by atoms with E-state index in [9.17, 15) is 5.11 Å². The maximum atomic E-state index is 9.59. The van der Waals surface area contributed by atoms with Gasteiger partial charge in [0.05, 0.1) is 22.1 Å². The number of rotatable bonds is 2. The molecule has 0 aliphatic carbocycles. The lowest BCUT2D eigenvalue weighted by Crippen LogP contribution is -2.02. The van der Waals surface area contributed by atoms with Crippen LogP contribution in [0.5, 0.6) is 5.75 Å². The number of phenols is 1. The number of aryl methyl sites for hydroxylation is 1. The Kier molecular flexibility index (Phi) is 3.69. The van der Waals surface area contributed by atoms with Crippen molar-refractivity contribution in [3.8, 4) is 28.3 Å². The van der Waals surface area contributed by atoms with Crippen LogP contribution < -0.4 is 5.73 Å². The lowest BCUT2D eigenvalue weighted by molar-refractivity contribution is 0.475. The average Bonchev–Trinajstić information content (AvgIpc) is 2.53. The van der Waals surface area contributed by atoms with Gasteiger partial charge in [-0.15, -0.1) is 0 Å². The molecule has 0 bridgehead atoms. The first-order chi connectivity index (χ1) is 10.6. The SMILES string of the molecule is Cc1nc(-c2ccc(O)c(Cl)c2)c(-c2ccccc2)nc1N. The molecule has 3 N–H and O–H groups in total. The van der Waals surface area contributed by atoms with E-state index in [0.717, 1.165) is 11.1 Å². The predicted octanol–water partition coefficient (Wildman–Crippen LogP) is 4.06. The topological polar surface area (TPSA) is 72.0 Å². The monoisotopic (exact) mass is 311 g/mol. The molecule has 3 rings (SSSR count). The summed E-state index contributed by atoms with van der Waals surface area (Å²) in [7, 11) is 0. The fraction of sp³-hybridized carbons (Fsp3) is 0.0588. The summed E-state index contributed by atoms with van der Waals surface area (Å²) < 4.78 is 0. The van der Waals surface area contributed by atoms with Gasteiger partial charge in [-0.25, -0.2) is 9.97 Å². The summed E-state index contributed by atoms with van der Waals surface area (Å²) >= 11 is 6.01. The molecule has 3 aromatic rings. The highest BCUT2D eigenvalue weighted by molar-refractivity contribution is 6.32. The number of nitrogens with zero attached hydrogens (tertiary/aromatic N) is 2. The molecule has 5 heteroatoms. The Bertz CT molecular complexity index is 835. The second kappa shape index (κ2) is 5.66. The molecule has 0 aliphatic heterocycles. The van der Waals surface area contributed by atoms with Gasteiger partial charge in [-0.3, -0.25) is 0 Å². The predicted molar refractivity (Wildman–Crippen MR) is 88.7 cm³/mol. The Labute approximate surface area is 133 Å². The number of aromatic nitrogens is 2. The minimum Gasteiger partial charge on any atom is -0.506 e. The van der Waals surface area contributed by atoms with Crippen LogP contribution in [0, 0.1) is 6.92 Å². The number of phenolic OH excluding ortho intramolecular Hbond substituents is 1. The van der Waals surface area contributed by atoms with Crippen molar-refractivity contribution < 1.29 is 5.11 Å². The average molecular weight is 312 g/mol. The molecule has 2 aromatic carbocycles. The summed E-state index contributed by atoms with van der Waals surface area (Å²) in [6.07, 6.45) is 0. The van der Waals surface area contributed by atoms with Crippen LogP contribution in [0.15, 0.2) is 48.5 Å². The molecule has 0 aliphatic rings. The van der Waals surface area contributed by atoms with E-state index in [-0.39, 0.29) is 10.8 Å². The van der Waals surface area contributed by atoms with Crippen LogP contribution >= 0.6 is 11.6 Å². The van der Waals surface area contributed by atoms with Gasteiger partial charge in [-0.2, -0.15) is 0 Å². The molecule has 0 unspecified atom stereocenters. The summed E-state index contributed by atoms with van der Waals surface area (Å²) in [6, 6.07) is 14.7. The third-order valence-electron chi connectivity index (χ3n) is 3.38. The molecule has 0 amide bonds. The molecule has 110 valence electrons. The zero-order chi connectivity index (χ0) is 15.7. The molecule has 0 spiro atoms. The standard InChI is InChI=1S/C17H14ClN3O/c1-10-17(19)21-15(11-5-3-2-4-6-11)16(20-10)12-7-8-14(22)13(18)9-12/h2-9,22H,1H3,(H2,19,21). The number of aromatic hydroxyl groups is 1. The first kappa shape index (κ1) is 14.4. The molecule has 1 aromatic heterocycles. The van der Waals surface area contributed by atoms with Crippen molar-refractivity contribution in [3.63, 3.8) is 0 Å². The maximum Gasteiger partial charge on any atom is 0.145 e. The van der Waals surface area contributed by atoms with Gasteiger partial charge in [0.1, 0.15) is 11.6 Å². The van der Waals surface area contributed by atoms with Gasteiger partial charge in [0.25, 0.3) is 0 Å². The van der Waals surface area contributed by atoms with E-state index in [2.05, 4.69) is 9.97 Å². The van der Waals surface area contributed by atoms with Crippen molar-refractivity contribution in [2.24, 2.45) is 0 Å². The van der Waals surface area contributed by atoms with Crippen LogP contribution in [0.1, 0.15) is 5.69 Å². The van der Waals surface area contributed by atoms with E-state index >= 15 is 0 Å². The van der Waals surface area contributed by atoms with Crippen LogP contribution in [0.3, 0.4) is 0 Å². The molecule has 1 heterocycles. The molecule has 0 saturated carbocycles. The van der Waals surface area contributed by atoms with Crippen molar-refractivity contribution in [1.29, 1.82) is 0 Å². The Morgan fingerprint density at radius 1 is 0.955 bits per heavy atom. The summed E-state index contributed by atoms with van der Waals surface area (Å²) in [5.74, 6) is 0.430. The Hall–Kier alpha value is -2.59. The normalized spacial score (nSPS) is 10.6. The fourth-order valence-electron chi connectivity index (χ4n) is 2.18. The van der Waals surface area contributed by atoms with Gasteiger partial charge in [-0.1, -0.05) is 41.9 Å². The first-order valence-corrected chi connectivity index (χ1v) is 7.12. The number of nitrogen functional groups attached to an aromatic ring is 1. The van der Waals surface area contributed by atoms with Crippen molar-refractivity contribution in [3.05, 3.63) is 59.2 Å². The van der Waals surface area contributed by atoms with Crippen molar-refractivity contribution in [2.75, 3.05) is 5.73 Å². The van der Waals surface area contributed by atoms with Gasteiger partial charge >= 0.3 is 0 Å². The number of hydrogen-bond donors (Lipinski definition) is 2. The van der Waals surface area contributed by atoms with Gasteiger partial charge in [-0.05, 0) is 25.1 Å². The first-order valence-electron chi connectivity index (χ1n) is 6.74. The number of benzene rings is 2. The van der Waals surface area contributed by atoms with Gasteiger partial charge < -0.3 is 10.8 Å². The molecule has 4 nitrogen and oxygen atoms in total. The van der Waals surface area contributed by atoms with E-state index in [1.54, 1.807) is 18.2 Å². The van der Waals surface area contributed by atoms with E-state index < -0.39 is 0 Å². The third kappa shape index (κ3) is 2.61. The summed E-state index contributed by atoms with van der Waals surface area (Å²) in [5.41, 5.74) is 9.63. The molecular weight excluding hydrogens is 298 g/mol. The number of nitrogens with two attached hydrogens (primary N) is 1. The zero-order valence-corrected chi connectivity index (χ0v) is 12.7. The number of halogens is 1. The van der Waals surface area contributed by atoms with E-state index in [1.807, 2.05) is 37.3 Å². The van der Waals surface area contributed by atoms with Gasteiger partial charge in [0.15, 0.2) is 0 Å². The maximum absolute atomic E-state index is 9.59. The molecule has 0 atom stereocenters. The van der Waals surface area contributed by atoms with Crippen molar-refractivity contribution >= 4 is 17.4 Å². The minimum atomic E-state index is 0.0341. The lowest BCUT2D eigenvalue weighted by atomic mass is 10.0. The zero-order valence-electron chi connectivity index (χ0n) is 11.9. The highest BCUT2D eigenvalue weighted by Crippen LogP contribution is 2.34. The molecular formula is C17H14ClN3O. The minimum absolute atomic E-state index is 0.0341. The summed E-state index contributed by atoms with van der Waals surface area (Å²) in [4.78, 5) is 9.04. The molecule has 0 radical (unpaired) electrons. The Morgan fingerprint density at radius 2 is 1.64 bits per heavy atom. The lowest BCUT2D eigenvalue weighted by Gasteiger charge is -2.12. The highest BCUT2D eigenvalue weighted by atomic mass is 35.5. The van der Waals surface area contributed by atoms with Gasteiger partial charge in [0.2, 0.25) is 0 Å². The fourth-order valence-corrected chi connectivity index (χ4v) is 2.37. The van der Waals surface area contributed by atoms with Crippen LogP contribution in [0.2, 0.25) is 5.02 Å². The molecule has 0 saturated heterocycles. The van der Waals surface area contributed by atoms with E-state index in [1.165, 1.54) is 0 Å². The van der Waals surface area contributed by atoms with Gasteiger partial charge in [0, 0.05) is 11.1 Å². The van der Waals surface area contributed by atoms with Crippen LogP contribution in [-0.2, 0) is 0 Å². The molecule has 22 heavy (non-hydrogen) atoms. The number of hydrogen-bond acceptors (Lipinski definition) is 4. The third-order valence-corrected chi connectivity index (χ3v) is 3.68. The van der Waals surface area contributed by atoms with E-state index in [0.29, 0.717) is 22.9 Å². The second-order valence-corrected chi connectivity index (χ2v) is 5.33.